The highest BCUT2D eigenvalue weighted by Crippen LogP contribution is 2.40. The minimum atomic E-state index is 0.555. The smallest absolute Gasteiger partial charge is 0.167 e. The van der Waals surface area contributed by atoms with Gasteiger partial charge in [0.05, 0.1) is 5.56 Å². The van der Waals surface area contributed by atoms with E-state index in [-0.39, 0.29) is 0 Å². The highest BCUT2D eigenvalue weighted by Gasteiger charge is 2.19. The molecule has 4 nitrogen and oxygen atoms in total. The Morgan fingerprint density at radius 3 is 1.22 bits per heavy atom. The van der Waals surface area contributed by atoms with Crippen LogP contribution in [0.4, 0.5) is 0 Å². The first kappa shape index (κ1) is 32.2. The fourth-order valence-electron chi connectivity index (χ4n) is 7.36. The standard InChI is InChI=1S/C51H33N3O/c1-4-13-34(14-5-1)36-25-27-38(28-26-36)41-19-10-20-42(33-41)50-52-49(40-17-8-3-9-18-40)53-51(54-50)46-24-12-23-45-44-22-11-21-43(47(44)55-48(45)46)39-31-29-37(30-32-39)35-15-6-2-7-16-35/h1-33H. The molecular formula is C51H33N3O. The van der Waals surface area contributed by atoms with Crippen LogP contribution in [0.2, 0.25) is 0 Å². The Balaban J connectivity index is 1.08. The summed E-state index contributed by atoms with van der Waals surface area (Å²) >= 11 is 0. The molecule has 0 bridgehead atoms. The molecule has 0 saturated carbocycles. The van der Waals surface area contributed by atoms with Gasteiger partial charge in [-0.05, 0) is 51.1 Å². The van der Waals surface area contributed by atoms with Crippen molar-refractivity contribution in [2.45, 2.75) is 0 Å². The van der Waals surface area contributed by atoms with Crippen molar-refractivity contribution in [1.29, 1.82) is 0 Å². The van der Waals surface area contributed by atoms with Gasteiger partial charge in [0.1, 0.15) is 11.2 Å². The summed E-state index contributed by atoms with van der Waals surface area (Å²) in [6.07, 6.45) is 0. The van der Waals surface area contributed by atoms with E-state index in [2.05, 4.69) is 152 Å². The first-order chi connectivity index (χ1) is 27.2. The van der Waals surface area contributed by atoms with E-state index in [9.17, 15) is 0 Å². The van der Waals surface area contributed by atoms with Crippen molar-refractivity contribution < 1.29 is 4.42 Å². The number of nitrogens with zero attached hydrogens (tertiary/aromatic N) is 3. The Hall–Kier alpha value is -7.43. The highest BCUT2D eigenvalue weighted by molar-refractivity contribution is 6.12. The van der Waals surface area contributed by atoms with Gasteiger partial charge in [-0.15, -0.1) is 0 Å². The number of aromatic nitrogens is 3. The van der Waals surface area contributed by atoms with E-state index in [0.29, 0.717) is 17.5 Å². The van der Waals surface area contributed by atoms with E-state index < -0.39 is 0 Å². The van der Waals surface area contributed by atoms with Gasteiger partial charge in [0.25, 0.3) is 0 Å². The molecule has 2 aromatic heterocycles. The molecule has 0 N–H and O–H groups in total. The molecule has 55 heavy (non-hydrogen) atoms. The van der Waals surface area contributed by atoms with Crippen molar-refractivity contribution in [3.8, 4) is 78.7 Å². The quantitative estimate of drug-likeness (QED) is 0.166. The van der Waals surface area contributed by atoms with Crippen LogP contribution in [-0.2, 0) is 0 Å². The molecular weight excluding hydrogens is 671 g/mol. The van der Waals surface area contributed by atoms with Crippen molar-refractivity contribution >= 4 is 21.9 Å². The summed E-state index contributed by atoms with van der Waals surface area (Å²) in [7, 11) is 0. The third-order valence-electron chi connectivity index (χ3n) is 10.2. The van der Waals surface area contributed by atoms with Crippen molar-refractivity contribution in [1.82, 2.24) is 15.0 Å². The summed E-state index contributed by atoms with van der Waals surface area (Å²) in [5.41, 5.74) is 13.3. The van der Waals surface area contributed by atoms with Crippen molar-refractivity contribution in [2.75, 3.05) is 0 Å². The number of hydrogen-bond acceptors (Lipinski definition) is 4. The van der Waals surface area contributed by atoms with Gasteiger partial charge < -0.3 is 4.42 Å². The zero-order valence-corrected chi connectivity index (χ0v) is 29.8. The number of benzene rings is 8. The Bertz CT molecular complexity index is 2940. The van der Waals surface area contributed by atoms with Crippen molar-refractivity contribution in [3.63, 3.8) is 0 Å². The molecule has 258 valence electrons. The van der Waals surface area contributed by atoms with Gasteiger partial charge in [-0.3, -0.25) is 0 Å². The van der Waals surface area contributed by atoms with Gasteiger partial charge in [-0.25, -0.2) is 15.0 Å². The van der Waals surface area contributed by atoms with Crippen LogP contribution in [0.1, 0.15) is 0 Å². The Kier molecular flexibility index (Phi) is 8.12. The Morgan fingerprint density at radius 2 is 0.636 bits per heavy atom. The average molecular weight is 704 g/mol. The zero-order chi connectivity index (χ0) is 36.6. The second-order valence-electron chi connectivity index (χ2n) is 13.6. The van der Waals surface area contributed by atoms with E-state index in [1.165, 1.54) is 22.3 Å². The third-order valence-corrected chi connectivity index (χ3v) is 10.2. The van der Waals surface area contributed by atoms with Gasteiger partial charge in [-0.2, -0.15) is 0 Å². The number of rotatable bonds is 7. The maximum Gasteiger partial charge on any atom is 0.167 e. The summed E-state index contributed by atoms with van der Waals surface area (Å²) in [6.45, 7) is 0. The summed E-state index contributed by atoms with van der Waals surface area (Å²) in [5, 5.41) is 2.06. The lowest BCUT2D eigenvalue weighted by molar-refractivity contribution is 0.670. The molecule has 10 aromatic rings. The van der Waals surface area contributed by atoms with Gasteiger partial charge in [0.15, 0.2) is 17.5 Å². The molecule has 0 fully saturated rings. The molecule has 8 aromatic carbocycles. The van der Waals surface area contributed by atoms with Crippen LogP contribution in [0.25, 0.3) is 101 Å². The van der Waals surface area contributed by atoms with E-state index in [1.54, 1.807) is 0 Å². The van der Waals surface area contributed by atoms with E-state index in [1.807, 2.05) is 48.5 Å². The molecule has 0 atom stereocenters. The van der Waals surface area contributed by atoms with Crippen LogP contribution in [0.15, 0.2) is 205 Å². The maximum atomic E-state index is 6.85. The topological polar surface area (TPSA) is 51.8 Å². The maximum absolute atomic E-state index is 6.85. The Labute approximate surface area is 319 Å². The van der Waals surface area contributed by atoms with Gasteiger partial charge in [0.2, 0.25) is 0 Å². The van der Waals surface area contributed by atoms with Crippen LogP contribution >= 0.6 is 0 Å². The number of furan rings is 1. The average Bonchev–Trinajstić information content (AvgIpc) is 3.67. The fraction of sp³-hybridized carbons (Fsp3) is 0. The predicted molar refractivity (Wildman–Crippen MR) is 225 cm³/mol. The van der Waals surface area contributed by atoms with E-state index in [4.69, 9.17) is 19.4 Å². The SMILES string of the molecule is c1ccc(-c2ccc(-c3cccc(-c4nc(-c5ccccc5)nc(-c5cccc6c5oc5c(-c7ccc(-c8ccccc8)cc7)cccc56)n4)c3)cc2)cc1. The first-order valence-electron chi connectivity index (χ1n) is 18.4. The predicted octanol–water partition coefficient (Wildman–Crippen LogP) is 13.4. The summed E-state index contributed by atoms with van der Waals surface area (Å²) in [5.74, 6) is 1.75. The van der Waals surface area contributed by atoms with Crippen molar-refractivity contribution in [3.05, 3.63) is 200 Å². The van der Waals surface area contributed by atoms with Crippen LogP contribution in [-0.4, -0.2) is 15.0 Å². The molecule has 0 unspecified atom stereocenters. The molecule has 0 spiro atoms. The normalized spacial score (nSPS) is 11.3. The first-order valence-corrected chi connectivity index (χ1v) is 18.4. The summed E-state index contributed by atoms with van der Waals surface area (Å²) in [6, 6.07) is 69.3. The molecule has 10 rings (SSSR count). The summed E-state index contributed by atoms with van der Waals surface area (Å²) < 4.78 is 6.85. The molecule has 4 heteroatoms. The molecule has 0 radical (unpaired) electrons. The molecule has 0 aliphatic rings. The summed E-state index contributed by atoms with van der Waals surface area (Å²) in [4.78, 5) is 15.3. The Morgan fingerprint density at radius 1 is 0.255 bits per heavy atom. The van der Waals surface area contributed by atoms with Gasteiger partial charge >= 0.3 is 0 Å². The monoisotopic (exact) mass is 703 g/mol. The zero-order valence-electron chi connectivity index (χ0n) is 29.8. The minimum Gasteiger partial charge on any atom is -0.455 e. The number of fused-ring (bicyclic) bond motifs is 3. The van der Waals surface area contributed by atoms with Crippen LogP contribution in [0.5, 0.6) is 0 Å². The van der Waals surface area contributed by atoms with E-state index in [0.717, 1.165) is 60.9 Å². The highest BCUT2D eigenvalue weighted by atomic mass is 16.3. The van der Waals surface area contributed by atoms with Crippen LogP contribution < -0.4 is 0 Å². The number of hydrogen-bond donors (Lipinski definition) is 0. The minimum absolute atomic E-state index is 0.555. The second kappa shape index (κ2) is 13.8. The van der Waals surface area contributed by atoms with Gasteiger partial charge in [0, 0.05) is 27.5 Å². The fourth-order valence-corrected chi connectivity index (χ4v) is 7.36. The lowest BCUT2D eigenvalue weighted by Gasteiger charge is -2.10. The molecule has 0 saturated heterocycles. The number of para-hydroxylation sites is 2. The molecule has 2 heterocycles. The van der Waals surface area contributed by atoms with Crippen molar-refractivity contribution in [2.24, 2.45) is 0 Å². The third kappa shape index (κ3) is 6.16. The van der Waals surface area contributed by atoms with E-state index >= 15 is 0 Å². The molecule has 0 aliphatic heterocycles. The largest absolute Gasteiger partial charge is 0.455 e. The second-order valence-corrected chi connectivity index (χ2v) is 13.6. The lowest BCUT2D eigenvalue weighted by Crippen LogP contribution is -2.00. The van der Waals surface area contributed by atoms with Gasteiger partial charge in [-0.1, -0.05) is 188 Å². The molecule has 0 amide bonds. The van der Waals surface area contributed by atoms with Crippen LogP contribution in [0, 0.1) is 0 Å². The molecule has 0 aliphatic carbocycles. The lowest BCUT2D eigenvalue weighted by atomic mass is 9.98. The van der Waals surface area contributed by atoms with Crippen LogP contribution in [0.3, 0.4) is 0 Å².